The summed E-state index contributed by atoms with van der Waals surface area (Å²) in [4.78, 5) is 0. The molecule has 0 radical (unpaired) electrons. The van der Waals surface area contributed by atoms with Gasteiger partial charge < -0.3 is 0 Å². The lowest BCUT2D eigenvalue weighted by Crippen LogP contribution is -2.14. The van der Waals surface area contributed by atoms with Crippen molar-refractivity contribution in [1.29, 1.82) is 0 Å². The van der Waals surface area contributed by atoms with E-state index in [4.69, 9.17) is 0 Å². The van der Waals surface area contributed by atoms with Gasteiger partial charge in [0.2, 0.25) is 0 Å². The predicted octanol–water partition coefficient (Wildman–Crippen LogP) is 14.7. The summed E-state index contributed by atoms with van der Waals surface area (Å²) in [6.07, 6.45) is 0.941. The first kappa shape index (κ1) is 29.5. The topological polar surface area (TPSA) is 0 Å². The predicted molar refractivity (Wildman–Crippen MR) is 229 cm³/mol. The van der Waals surface area contributed by atoms with Gasteiger partial charge >= 0.3 is 0 Å². The summed E-state index contributed by atoms with van der Waals surface area (Å²) in [6.45, 7) is 4.77. The van der Waals surface area contributed by atoms with Crippen LogP contribution in [-0.2, 0) is 11.8 Å². The fourth-order valence-electron chi connectivity index (χ4n) is 10.1. The molecule has 0 saturated heterocycles. The number of benzene rings is 9. The largest absolute Gasteiger partial charge is 0.134 e. The molecule has 0 aliphatic heterocycles. The second-order valence-corrected chi connectivity index (χ2v) is 16.6. The highest BCUT2D eigenvalue weighted by atomic mass is 32.1. The quantitative estimate of drug-likeness (QED) is 0.158. The van der Waals surface area contributed by atoms with E-state index < -0.39 is 0 Å². The Kier molecular flexibility index (Phi) is 5.87. The number of hydrogen-bond donors (Lipinski definition) is 0. The standard InChI is InChI=1S/C52H34S/c1-52(2)44-22-12-11-17-35(44)36-25-23-32(28-45(36)52)47-37-18-7-9-20-39(37)49(40-21-10-8-19-38(40)47)50-42-27-31-14-4-5-15-33(31)41(42)29-43-48-34-16-6-3-13-30(34)24-26-46(48)53-51(43)50/h3-26,28-29H,27H2,1-2H3. The minimum atomic E-state index is -0.0654. The van der Waals surface area contributed by atoms with Crippen LogP contribution < -0.4 is 0 Å². The average Bonchev–Trinajstić information content (AvgIpc) is 3.84. The van der Waals surface area contributed by atoms with Gasteiger partial charge in [0.1, 0.15) is 0 Å². The van der Waals surface area contributed by atoms with Crippen molar-refractivity contribution in [2.45, 2.75) is 25.7 Å². The summed E-state index contributed by atoms with van der Waals surface area (Å²) in [6, 6.07) is 59.7. The van der Waals surface area contributed by atoms with Crippen LogP contribution in [0, 0.1) is 0 Å². The van der Waals surface area contributed by atoms with Gasteiger partial charge in [0.15, 0.2) is 0 Å². The summed E-state index contributed by atoms with van der Waals surface area (Å²) in [5.41, 5.74) is 16.5. The molecule has 0 amide bonds. The fraction of sp³-hybridized carbons (Fsp3) is 0.0769. The third kappa shape index (κ3) is 3.90. The van der Waals surface area contributed by atoms with Gasteiger partial charge in [-0.1, -0.05) is 153 Å². The molecular formula is C52H34S. The molecule has 12 rings (SSSR count). The van der Waals surface area contributed by atoms with Crippen LogP contribution >= 0.6 is 11.3 Å². The van der Waals surface area contributed by atoms with E-state index in [0.29, 0.717) is 0 Å². The van der Waals surface area contributed by atoms with Crippen molar-refractivity contribution < 1.29 is 0 Å². The lowest BCUT2D eigenvalue weighted by atomic mass is 9.80. The summed E-state index contributed by atoms with van der Waals surface area (Å²) < 4.78 is 2.74. The van der Waals surface area contributed by atoms with E-state index in [2.05, 4.69) is 172 Å². The molecule has 2 aliphatic carbocycles. The highest BCUT2D eigenvalue weighted by Gasteiger charge is 2.36. The van der Waals surface area contributed by atoms with Gasteiger partial charge in [-0.05, 0) is 118 Å². The molecule has 1 heterocycles. The maximum absolute atomic E-state index is 2.52. The molecule has 0 bridgehead atoms. The van der Waals surface area contributed by atoms with Crippen molar-refractivity contribution in [1.82, 2.24) is 0 Å². The summed E-state index contributed by atoms with van der Waals surface area (Å²) in [7, 11) is 0. The van der Waals surface area contributed by atoms with E-state index in [1.165, 1.54) is 119 Å². The van der Waals surface area contributed by atoms with Gasteiger partial charge in [0, 0.05) is 31.2 Å². The van der Waals surface area contributed by atoms with Crippen molar-refractivity contribution >= 4 is 63.8 Å². The fourth-order valence-corrected chi connectivity index (χ4v) is 11.4. The van der Waals surface area contributed by atoms with Crippen molar-refractivity contribution in [3.05, 3.63) is 180 Å². The van der Waals surface area contributed by atoms with Crippen molar-refractivity contribution in [2.24, 2.45) is 0 Å². The van der Waals surface area contributed by atoms with Crippen molar-refractivity contribution in [3.8, 4) is 44.5 Å². The van der Waals surface area contributed by atoms with E-state index >= 15 is 0 Å². The Labute approximate surface area is 312 Å². The Morgan fingerprint density at radius 2 is 1.08 bits per heavy atom. The van der Waals surface area contributed by atoms with Crippen LogP contribution in [0.5, 0.6) is 0 Å². The summed E-state index contributed by atoms with van der Waals surface area (Å²) in [5, 5.41) is 10.6. The first-order chi connectivity index (χ1) is 26.1. The molecule has 0 unspecified atom stereocenters. The van der Waals surface area contributed by atoms with Crippen molar-refractivity contribution in [3.63, 3.8) is 0 Å². The molecule has 9 aromatic carbocycles. The molecule has 10 aromatic rings. The van der Waals surface area contributed by atoms with E-state index in [9.17, 15) is 0 Å². The third-order valence-corrected chi connectivity index (χ3v) is 13.7. The Bertz CT molecular complexity index is 3170. The number of thiophene rings is 1. The molecule has 0 spiro atoms. The maximum atomic E-state index is 2.52. The Balaban J connectivity index is 1.22. The molecule has 1 heteroatoms. The minimum absolute atomic E-state index is 0.0654. The van der Waals surface area contributed by atoms with Crippen LogP contribution in [0.2, 0.25) is 0 Å². The zero-order valence-corrected chi connectivity index (χ0v) is 30.4. The van der Waals surface area contributed by atoms with Crippen LogP contribution in [0.1, 0.15) is 36.1 Å². The third-order valence-electron chi connectivity index (χ3n) is 12.5. The zero-order chi connectivity index (χ0) is 35.0. The molecular weight excluding hydrogens is 657 g/mol. The van der Waals surface area contributed by atoms with Crippen LogP contribution in [-0.4, -0.2) is 0 Å². The average molecular weight is 691 g/mol. The smallest absolute Gasteiger partial charge is 0.0437 e. The second-order valence-electron chi connectivity index (χ2n) is 15.5. The molecule has 0 N–H and O–H groups in total. The highest BCUT2D eigenvalue weighted by molar-refractivity contribution is 7.26. The lowest BCUT2D eigenvalue weighted by Gasteiger charge is -2.23. The first-order valence-corrected chi connectivity index (χ1v) is 19.5. The number of rotatable bonds is 2. The minimum Gasteiger partial charge on any atom is -0.134 e. The van der Waals surface area contributed by atoms with Gasteiger partial charge in [0.05, 0.1) is 0 Å². The molecule has 53 heavy (non-hydrogen) atoms. The van der Waals surface area contributed by atoms with Crippen LogP contribution in [0.4, 0.5) is 0 Å². The summed E-state index contributed by atoms with van der Waals surface area (Å²) in [5.74, 6) is 0. The molecule has 0 nitrogen and oxygen atoms in total. The molecule has 1 aromatic heterocycles. The van der Waals surface area contributed by atoms with Gasteiger partial charge in [-0.25, -0.2) is 0 Å². The maximum Gasteiger partial charge on any atom is 0.0437 e. The van der Waals surface area contributed by atoms with Crippen LogP contribution in [0.3, 0.4) is 0 Å². The Hall–Kier alpha value is -6.02. The van der Waals surface area contributed by atoms with Crippen LogP contribution in [0.25, 0.3) is 97.0 Å². The van der Waals surface area contributed by atoms with Gasteiger partial charge in [-0.3, -0.25) is 0 Å². The number of fused-ring (bicyclic) bond motifs is 13. The van der Waals surface area contributed by atoms with Crippen LogP contribution in [0.15, 0.2) is 158 Å². The first-order valence-electron chi connectivity index (χ1n) is 18.7. The van der Waals surface area contributed by atoms with Gasteiger partial charge in [-0.2, -0.15) is 0 Å². The van der Waals surface area contributed by atoms with E-state index in [1.807, 2.05) is 11.3 Å². The molecule has 248 valence electrons. The molecule has 2 aliphatic rings. The molecule has 0 saturated carbocycles. The Morgan fingerprint density at radius 1 is 0.453 bits per heavy atom. The van der Waals surface area contributed by atoms with E-state index in [1.54, 1.807) is 0 Å². The van der Waals surface area contributed by atoms with Gasteiger partial charge in [0.25, 0.3) is 0 Å². The van der Waals surface area contributed by atoms with Gasteiger partial charge in [-0.15, -0.1) is 11.3 Å². The second kappa shape index (κ2) is 10.5. The zero-order valence-electron chi connectivity index (χ0n) is 29.6. The lowest BCUT2D eigenvalue weighted by molar-refractivity contribution is 0.660. The van der Waals surface area contributed by atoms with E-state index in [0.717, 1.165) is 6.42 Å². The number of hydrogen-bond acceptors (Lipinski definition) is 1. The summed E-state index contributed by atoms with van der Waals surface area (Å²) >= 11 is 1.97. The highest BCUT2D eigenvalue weighted by Crippen LogP contribution is 2.55. The Morgan fingerprint density at radius 3 is 1.85 bits per heavy atom. The van der Waals surface area contributed by atoms with Crippen molar-refractivity contribution in [2.75, 3.05) is 0 Å². The SMILES string of the molecule is CC1(C)c2ccccc2-c2ccc(-c3c4ccccc4c(-c4c5c(cc6c4sc4ccc7ccccc7c46)-c4ccccc4C5)c4ccccc34)cc21. The molecule has 0 fully saturated rings. The monoisotopic (exact) mass is 690 g/mol. The van der Waals surface area contributed by atoms with E-state index in [-0.39, 0.29) is 5.41 Å². The normalized spacial score (nSPS) is 13.9. The molecule has 0 atom stereocenters.